The van der Waals surface area contributed by atoms with Gasteiger partial charge in [0.25, 0.3) is 0 Å². The maximum atomic E-state index is 12.4. The normalized spacial score (nSPS) is 10.7. The standard InChI is InChI=1S/C20H21N3O3/c1-3-18-22-16-6-4-5-7-17(16)23(18)13-19(24)21-12-14-8-10-15(11-9-14)20(25)26-2/h4-11H,3,12-13H2,1-2H3,(H,21,24). The van der Waals surface area contributed by atoms with Crippen LogP contribution in [0.1, 0.15) is 28.7 Å². The molecule has 0 fully saturated rings. The SMILES string of the molecule is CCc1nc2ccccc2n1CC(=O)NCc1ccc(C(=O)OC)cc1. The number of hydrogen-bond donors (Lipinski definition) is 1. The Hall–Kier alpha value is -3.15. The largest absolute Gasteiger partial charge is 0.465 e. The third-order valence-electron chi connectivity index (χ3n) is 4.22. The minimum Gasteiger partial charge on any atom is -0.465 e. The van der Waals surface area contributed by atoms with E-state index in [1.807, 2.05) is 35.8 Å². The van der Waals surface area contributed by atoms with Crippen molar-refractivity contribution in [3.63, 3.8) is 0 Å². The van der Waals surface area contributed by atoms with Gasteiger partial charge in [0.15, 0.2) is 0 Å². The molecule has 0 unspecified atom stereocenters. The van der Waals surface area contributed by atoms with Crippen molar-refractivity contribution < 1.29 is 14.3 Å². The zero-order chi connectivity index (χ0) is 18.5. The average molecular weight is 351 g/mol. The number of fused-ring (bicyclic) bond motifs is 1. The summed E-state index contributed by atoms with van der Waals surface area (Å²) in [6.07, 6.45) is 0.761. The topological polar surface area (TPSA) is 73.2 Å². The van der Waals surface area contributed by atoms with Crippen LogP contribution < -0.4 is 5.32 Å². The van der Waals surface area contributed by atoms with E-state index in [2.05, 4.69) is 15.0 Å². The number of esters is 1. The molecular formula is C20H21N3O3. The van der Waals surface area contributed by atoms with E-state index in [0.29, 0.717) is 12.1 Å². The predicted molar refractivity (Wildman–Crippen MR) is 98.7 cm³/mol. The molecule has 1 N–H and O–H groups in total. The van der Waals surface area contributed by atoms with Gasteiger partial charge in [-0.15, -0.1) is 0 Å². The van der Waals surface area contributed by atoms with Gasteiger partial charge >= 0.3 is 5.97 Å². The fourth-order valence-electron chi connectivity index (χ4n) is 2.85. The number of hydrogen-bond acceptors (Lipinski definition) is 4. The Bertz CT molecular complexity index is 929. The molecule has 1 heterocycles. The summed E-state index contributed by atoms with van der Waals surface area (Å²) < 4.78 is 6.62. The Labute approximate surface area is 151 Å². The van der Waals surface area contributed by atoms with Crippen LogP contribution in [0.5, 0.6) is 0 Å². The van der Waals surface area contributed by atoms with Crippen LogP contribution >= 0.6 is 0 Å². The monoisotopic (exact) mass is 351 g/mol. The summed E-state index contributed by atoms with van der Waals surface area (Å²) in [5.74, 6) is 0.434. The number of imidazole rings is 1. The number of methoxy groups -OCH3 is 1. The number of aryl methyl sites for hydroxylation is 1. The second-order valence-electron chi connectivity index (χ2n) is 5.92. The first-order valence-corrected chi connectivity index (χ1v) is 8.50. The highest BCUT2D eigenvalue weighted by atomic mass is 16.5. The van der Waals surface area contributed by atoms with Crippen LogP contribution in [0.3, 0.4) is 0 Å². The highest BCUT2D eigenvalue weighted by molar-refractivity contribution is 5.89. The smallest absolute Gasteiger partial charge is 0.337 e. The Kier molecular flexibility index (Phi) is 5.31. The number of ether oxygens (including phenoxy) is 1. The second-order valence-corrected chi connectivity index (χ2v) is 5.92. The number of carbonyl (C=O) groups excluding carboxylic acids is 2. The number of para-hydroxylation sites is 2. The first kappa shape index (κ1) is 17.7. The van der Waals surface area contributed by atoms with Gasteiger partial charge in [-0.25, -0.2) is 9.78 Å². The van der Waals surface area contributed by atoms with Crippen LogP contribution in [0.4, 0.5) is 0 Å². The van der Waals surface area contributed by atoms with E-state index in [-0.39, 0.29) is 18.4 Å². The van der Waals surface area contributed by atoms with Crippen molar-refractivity contribution in [1.29, 1.82) is 0 Å². The Balaban J connectivity index is 1.65. The molecule has 134 valence electrons. The van der Waals surface area contributed by atoms with Gasteiger partial charge in [-0.2, -0.15) is 0 Å². The summed E-state index contributed by atoms with van der Waals surface area (Å²) in [5.41, 5.74) is 3.26. The molecule has 0 spiro atoms. The van der Waals surface area contributed by atoms with Crippen molar-refractivity contribution in [3.8, 4) is 0 Å². The zero-order valence-corrected chi connectivity index (χ0v) is 14.9. The molecule has 6 heteroatoms. The quantitative estimate of drug-likeness (QED) is 0.693. The number of carbonyl (C=O) groups is 2. The maximum Gasteiger partial charge on any atom is 0.337 e. The molecule has 1 amide bonds. The number of benzene rings is 2. The van der Waals surface area contributed by atoms with E-state index in [1.54, 1.807) is 24.3 Å². The number of amides is 1. The first-order chi connectivity index (χ1) is 12.6. The average Bonchev–Trinajstić information content (AvgIpc) is 3.04. The molecule has 6 nitrogen and oxygen atoms in total. The van der Waals surface area contributed by atoms with Crippen molar-refractivity contribution in [3.05, 3.63) is 65.5 Å². The molecule has 1 aromatic heterocycles. The van der Waals surface area contributed by atoms with E-state index in [4.69, 9.17) is 0 Å². The molecule has 26 heavy (non-hydrogen) atoms. The predicted octanol–water partition coefficient (Wildman–Crippen LogP) is 2.70. The van der Waals surface area contributed by atoms with E-state index in [0.717, 1.165) is 28.8 Å². The van der Waals surface area contributed by atoms with Gasteiger partial charge in [0.05, 0.1) is 23.7 Å². The summed E-state index contributed by atoms with van der Waals surface area (Å²) >= 11 is 0. The third kappa shape index (κ3) is 3.74. The summed E-state index contributed by atoms with van der Waals surface area (Å²) in [7, 11) is 1.35. The van der Waals surface area contributed by atoms with E-state index >= 15 is 0 Å². The maximum absolute atomic E-state index is 12.4. The van der Waals surface area contributed by atoms with E-state index in [1.165, 1.54) is 7.11 Å². The third-order valence-corrected chi connectivity index (χ3v) is 4.22. The lowest BCUT2D eigenvalue weighted by Gasteiger charge is -2.09. The number of nitrogens with zero attached hydrogens (tertiary/aromatic N) is 2. The lowest BCUT2D eigenvalue weighted by atomic mass is 10.1. The van der Waals surface area contributed by atoms with Crippen molar-refractivity contribution in [2.45, 2.75) is 26.4 Å². The van der Waals surface area contributed by atoms with Gasteiger partial charge in [-0.3, -0.25) is 4.79 Å². The van der Waals surface area contributed by atoms with Crippen LogP contribution in [0, 0.1) is 0 Å². The molecule has 0 atom stereocenters. The molecule has 2 aromatic carbocycles. The summed E-state index contributed by atoms with van der Waals surface area (Å²) in [5, 5.41) is 2.91. The highest BCUT2D eigenvalue weighted by Gasteiger charge is 2.12. The highest BCUT2D eigenvalue weighted by Crippen LogP contribution is 2.16. The van der Waals surface area contributed by atoms with Gasteiger partial charge in [-0.1, -0.05) is 31.2 Å². The second kappa shape index (κ2) is 7.82. The van der Waals surface area contributed by atoms with Crippen LogP contribution in [-0.2, 0) is 29.0 Å². The minimum absolute atomic E-state index is 0.0834. The molecule has 0 aliphatic rings. The Morgan fingerprint density at radius 2 is 1.85 bits per heavy atom. The number of aromatic nitrogens is 2. The molecule has 0 saturated heterocycles. The van der Waals surface area contributed by atoms with Crippen molar-refractivity contribution >= 4 is 22.9 Å². The van der Waals surface area contributed by atoms with Gasteiger partial charge in [0, 0.05) is 13.0 Å². The summed E-state index contributed by atoms with van der Waals surface area (Å²) in [6.45, 7) is 2.65. The molecule has 3 aromatic rings. The van der Waals surface area contributed by atoms with Gasteiger partial charge in [0.2, 0.25) is 5.91 Å². The molecule has 0 radical (unpaired) electrons. The fraction of sp³-hybridized carbons (Fsp3) is 0.250. The molecule has 0 aliphatic heterocycles. The lowest BCUT2D eigenvalue weighted by Crippen LogP contribution is -2.27. The van der Waals surface area contributed by atoms with Crippen molar-refractivity contribution in [2.24, 2.45) is 0 Å². The summed E-state index contributed by atoms with van der Waals surface area (Å²) in [4.78, 5) is 28.4. The summed E-state index contributed by atoms with van der Waals surface area (Å²) in [6, 6.07) is 14.8. The zero-order valence-electron chi connectivity index (χ0n) is 14.9. The van der Waals surface area contributed by atoms with Crippen LogP contribution in [0.2, 0.25) is 0 Å². The van der Waals surface area contributed by atoms with Gasteiger partial charge < -0.3 is 14.6 Å². The van der Waals surface area contributed by atoms with E-state index < -0.39 is 0 Å². The molecule has 0 bridgehead atoms. The van der Waals surface area contributed by atoms with Gasteiger partial charge in [-0.05, 0) is 29.8 Å². The van der Waals surface area contributed by atoms with Gasteiger partial charge in [0.1, 0.15) is 12.4 Å². The Morgan fingerprint density at radius 3 is 2.54 bits per heavy atom. The van der Waals surface area contributed by atoms with E-state index in [9.17, 15) is 9.59 Å². The minimum atomic E-state index is -0.375. The molecule has 3 rings (SSSR count). The van der Waals surface area contributed by atoms with Crippen molar-refractivity contribution in [1.82, 2.24) is 14.9 Å². The molecular weight excluding hydrogens is 330 g/mol. The fourth-order valence-corrected chi connectivity index (χ4v) is 2.85. The Morgan fingerprint density at radius 1 is 1.12 bits per heavy atom. The van der Waals surface area contributed by atoms with Crippen molar-refractivity contribution in [2.75, 3.05) is 7.11 Å². The first-order valence-electron chi connectivity index (χ1n) is 8.50. The molecule has 0 aliphatic carbocycles. The number of nitrogens with one attached hydrogen (secondary N) is 1. The van der Waals surface area contributed by atoms with Crippen LogP contribution in [0.25, 0.3) is 11.0 Å². The lowest BCUT2D eigenvalue weighted by molar-refractivity contribution is -0.121. The molecule has 0 saturated carbocycles. The van der Waals surface area contributed by atoms with Crippen LogP contribution in [0.15, 0.2) is 48.5 Å². The van der Waals surface area contributed by atoms with Crippen LogP contribution in [-0.4, -0.2) is 28.5 Å². The number of rotatable bonds is 6.